The van der Waals surface area contributed by atoms with Crippen LogP contribution in [0, 0.1) is 0 Å². The lowest BCUT2D eigenvalue weighted by molar-refractivity contribution is 0.368. The summed E-state index contributed by atoms with van der Waals surface area (Å²) in [6.07, 6.45) is 0.375. The fourth-order valence-electron chi connectivity index (χ4n) is 0. The molecule has 26 valence electrons. The molecule has 0 spiro atoms. The first-order valence-electron chi connectivity index (χ1n) is 1.08. The Kier molecular flexibility index (Phi) is 4.26. The van der Waals surface area contributed by atoms with Gasteiger partial charge in [-0.15, -0.1) is 15.3 Å². The Morgan fingerprint density at radius 2 is 2.25 bits per heavy atom. The van der Waals surface area contributed by atoms with Crippen LogP contribution in [0.15, 0.2) is 0 Å². The molecule has 0 bridgehead atoms. The molecule has 0 radical (unpaired) electrons. The quantitative estimate of drug-likeness (QED) is 0.382. The largest absolute Gasteiger partial charge is 0.399 e. The lowest BCUT2D eigenvalue weighted by atomic mass is 11.7. The summed E-state index contributed by atoms with van der Waals surface area (Å²) in [7, 11) is -0.208. The topological polar surface area (TPSA) is 20.2 Å². The van der Waals surface area contributed by atoms with Crippen LogP contribution in [0.4, 0.5) is 0 Å². The van der Waals surface area contributed by atoms with E-state index < -0.39 is 0 Å². The molecular weight excluding hydrogens is 136 g/mol. The van der Waals surface area contributed by atoms with Crippen molar-refractivity contribution in [3.8, 4) is 0 Å². The molecule has 0 rings (SSSR count). The predicted molar refractivity (Wildman–Crippen MR) is 24.6 cm³/mol. The maximum absolute atomic E-state index is 7.89. The molecule has 0 amide bonds. The predicted octanol–water partition coefficient (Wildman–Crippen LogP) is -0.585. The highest BCUT2D eigenvalue weighted by atomic mass is 79.9. The molecule has 0 aromatic carbocycles. The highest BCUT2D eigenvalue weighted by Gasteiger charge is 1.62. The van der Waals surface area contributed by atoms with E-state index in [1.165, 1.54) is 0 Å². The summed E-state index contributed by atoms with van der Waals surface area (Å²) >= 11 is 3.14. The molecular formula is CH5BrOSi. The van der Waals surface area contributed by atoms with E-state index in [1.807, 2.05) is 0 Å². The van der Waals surface area contributed by atoms with Gasteiger partial charge in [-0.3, -0.25) is 0 Å². The van der Waals surface area contributed by atoms with Gasteiger partial charge in [-0.25, -0.2) is 0 Å². The zero-order chi connectivity index (χ0) is 3.41. The summed E-state index contributed by atoms with van der Waals surface area (Å²) in [5.74, 6) is 0. The maximum Gasteiger partial charge on any atom is 0.127 e. The Morgan fingerprint density at radius 1 is 2.00 bits per heavy atom. The van der Waals surface area contributed by atoms with Crippen LogP contribution in [-0.2, 0) is 0 Å². The van der Waals surface area contributed by atoms with E-state index in [1.54, 1.807) is 0 Å². The summed E-state index contributed by atoms with van der Waals surface area (Å²) in [5.41, 5.74) is 0. The Balaban J connectivity index is 1.97. The van der Waals surface area contributed by atoms with Crippen LogP contribution in [0.25, 0.3) is 0 Å². The highest BCUT2D eigenvalue weighted by Crippen LogP contribution is 1.64. The van der Waals surface area contributed by atoms with Gasteiger partial charge in [-0.1, -0.05) is 0 Å². The van der Waals surface area contributed by atoms with Crippen LogP contribution in [0.5, 0.6) is 0 Å². The number of rotatable bonds is 1. The summed E-state index contributed by atoms with van der Waals surface area (Å²) in [6, 6.07) is 0. The van der Waals surface area contributed by atoms with Crippen molar-refractivity contribution in [2.45, 2.75) is 0 Å². The van der Waals surface area contributed by atoms with Gasteiger partial charge in [0.15, 0.2) is 0 Å². The van der Waals surface area contributed by atoms with Gasteiger partial charge in [0, 0.05) is 6.23 Å². The van der Waals surface area contributed by atoms with E-state index in [4.69, 9.17) is 5.11 Å². The third-order valence-electron chi connectivity index (χ3n) is 0.0845. The summed E-state index contributed by atoms with van der Waals surface area (Å²) in [6.45, 7) is 0. The molecule has 0 fully saturated rings. The van der Waals surface area contributed by atoms with E-state index in [2.05, 4.69) is 15.3 Å². The first-order chi connectivity index (χ1) is 1.91. The lowest BCUT2D eigenvalue weighted by Crippen LogP contribution is -1.81. The Hall–Kier alpha value is 0.657. The van der Waals surface area contributed by atoms with E-state index in [9.17, 15) is 0 Å². The second-order valence-electron chi connectivity index (χ2n) is 0.413. The number of aliphatic hydroxyl groups excluding tert-OH is 1. The van der Waals surface area contributed by atoms with Crippen LogP contribution in [0.3, 0.4) is 0 Å². The number of aliphatic hydroxyl groups is 1. The van der Waals surface area contributed by atoms with Gasteiger partial charge < -0.3 is 5.11 Å². The molecule has 0 aromatic rings. The van der Waals surface area contributed by atoms with Crippen LogP contribution >= 0.6 is 15.3 Å². The molecule has 0 unspecified atom stereocenters. The smallest absolute Gasteiger partial charge is 0.127 e. The molecule has 0 heterocycles. The van der Waals surface area contributed by atoms with Crippen molar-refractivity contribution >= 4 is 23.4 Å². The average Bonchev–Trinajstić information content (AvgIpc) is 1.37. The summed E-state index contributed by atoms with van der Waals surface area (Å²) in [5, 5.41) is 7.89. The van der Waals surface area contributed by atoms with Gasteiger partial charge >= 0.3 is 0 Å². The van der Waals surface area contributed by atoms with Crippen molar-refractivity contribution in [2.75, 3.05) is 6.23 Å². The molecule has 1 N–H and O–H groups in total. The van der Waals surface area contributed by atoms with Crippen molar-refractivity contribution in [3.05, 3.63) is 0 Å². The second kappa shape index (κ2) is 3.66. The molecule has 0 aliphatic carbocycles. The molecule has 4 heavy (non-hydrogen) atoms. The number of hydrogen-bond acceptors (Lipinski definition) is 1. The lowest BCUT2D eigenvalue weighted by Gasteiger charge is -1.65. The van der Waals surface area contributed by atoms with Gasteiger partial charge in [0.1, 0.15) is 8.14 Å². The molecule has 0 saturated carbocycles. The molecule has 3 heteroatoms. The molecule has 0 aliphatic rings. The second-order valence-corrected chi connectivity index (χ2v) is 3.62. The van der Waals surface area contributed by atoms with Crippen LogP contribution in [-0.4, -0.2) is 19.5 Å². The fraction of sp³-hybridized carbons (Fsp3) is 1.00. The first-order valence-corrected chi connectivity index (χ1v) is 5.98. The maximum atomic E-state index is 7.89. The standard InChI is InChI=1S/CH5BrOSi/c2-4-1-3/h3H,1,4H2. The minimum atomic E-state index is -0.208. The minimum Gasteiger partial charge on any atom is -0.399 e. The van der Waals surface area contributed by atoms with Gasteiger partial charge in [0.2, 0.25) is 0 Å². The van der Waals surface area contributed by atoms with Crippen LogP contribution in [0.2, 0.25) is 0 Å². The summed E-state index contributed by atoms with van der Waals surface area (Å²) < 4.78 is 0. The normalized spacial score (nSPS) is 10.5. The monoisotopic (exact) mass is 140 g/mol. The molecule has 0 aromatic heterocycles. The average molecular weight is 141 g/mol. The van der Waals surface area contributed by atoms with E-state index >= 15 is 0 Å². The summed E-state index contributed by atoms with van der Waals surface area (Å²) in [4.78, 5) is 0. The first kappa shape index (κ1) is 4.66. The number of hydrogen-bond donors (Lipinski definition) is 1. The number of halogens is 1. The van der Waals surface area contributed by atoms with Crippen molar-refractivity contribution in [1.82, 2.24) is 0 Å². The molecule has 0 saturated heterocycles. The molecule has 0 atom stereocenters. The van der Waals surface area contributed by atoms with E-state index in [-0.39, 0.29) is 8.14 Å². The van der Waals surface area contributed by atoms with Gasteiger partial charge in [0.25, 0.3) is 0 Å². The van der Waals surface area contributed by atoms with Crippen LogP contribution < -0.4 is 0 Å². The third-order valence-corrected chi connectivity index (χ3v) is 1.32. The van der Waals surface area contributed by atoms with Crippen molar-refractivity contribution in [3.63, 3.8) is 0 Å². The van der Waals surface area contributed by atoms with E-state index in [0.717, 1.165) is 0 Å². The Morgan fingerprint density at radius 3 is 2.25 bits per heavy atom. The molecule has 1 nitrogen and oxygen atoms in total. The Labute approximate surface area is 35.4 Å². The highest BCUT2D eigenvalue weighted by molar-refractivity contribution is 9.23. The van der Waals surface area contributed by atoms with Gasteiger partial charge in [-0.05, 0) is 0 Å². The van der Waals surface area contributed by atoms with Gasteiger partial charge in [0.05, 0.1) is 0 Å². The fourth-order valence-corrected chi connectivity index (χ4v) is 0. The Bertz CT molecular complexity index is 10.0. The van der Waals surface area contributed by atoms with Crippen molar-refractivity contribution < 1.29 is 5.11 Å². The zero-order valence-corrected chi connectivity index (χ0v) is 5.24. The third kappa shape index (κ3) is 2.66. The van der Waals surface area contributed by atoms with Gasteiger partial charge in [-0.2, -0.15) is 0 Å². The zero-order valence-electron chi connectivity index (χ0n) is 2.24. The van der Waals surface area contributed by atoms with Crippen LogP contribution in [0.1, 0.15) is 0 Å². The van der Waals surface area contributed by atoms with Crippen molar-refractivity contribution in [1.29, 1.82) is 0 Å². The van der Waals surface area contributed by atoms with E-state index in [0.29, 0.717) is 6.23 Å². The van der Waals surface area contributed by atoms with Crippen molar-refractivity contribution in [2.24, 2.45) is 0 Å². The SMILES string of the molecule is OC[SiH2]Br. The minimum absolute atomic E-state index is 0.208. The molecule has 0 aliphatic heterocycles.